The lowest BCUT2D eigenvalue weighted by molar-refractivity contribution is -0.149. The van der Waals surface area contributed by atoms with Gasteiger partial charge in [-0.25, -0.2) is 0 Å². The lowest BCUT2D eigenvalue weighted by Crippen LogP contribution is -2.52. The molecule has 0 radical (unpaired) electrons. The van der Waals surface area contributed by atoms with Gasteiger partial charge in [0.1, 0.15) is 5.54 Å². The fourth-order valence-electron chi connectivity index (χ4n) is 2.95. The van der Waals surface area contributed by atoms with E-state index >= 15 is 0 Å². The molecule has 1 aliphatic rings. The lowest BCUT2D eigenvalue weighted by atomic mass is 9.94. The summed E-state index contributed by atoms with van der Waals surface area (Å²) in [5.41, 5.74) is -0.654. The summed E-state index contributed by atoms with van der Waals surface area (Å²) in [5, 5.41) is 3.21. The Morgan fingerprint density at radius 2 is 2.05 bits per heavy atom. The molecule has 0 amide bonds. The van der Waals surface area contributed by atoms with Gasteiger partial charge in [-0.05, 0) is 39.2 Å². The maximum absolute atomic E-state index is 11.9. The van der Waals surface area contributed by atoms with Crippen LogP contribution in [0.1, 0.15) is 52.9 Å². The van der Waals surface area contributed by atoms with Crippen LogP contribution in [0.4, 0.5) is 0 Å². The molecule has 0 spiro atoms. The topological polar surface area (TPSA) is 47.6 Å². The van der Waals surface area contributed by atoms with Gasteiger partial charge in [0.25, 0.3) is 0 Å². The standard InChI is InChI=1S/C15H29NO3/c1-5-16-15(3,14(17)18-4)10-12(2)19-11-13-8-6-7-9-13/h12-13,16H,5-11H2,1-4H3. The Balaban J connectivity index is 2.41. The first-order chi connectivity index (χ1) is 9.01. The fourth-order valence-corrected chi connectivity index (χ4v) is 2.95. The predicted octanol–water partition coefficient (Wildman–Crippen LogP) is 2.51. The molecule has 0 aromatic rings. The number of hydrogen-bond donors (Lipinski definition) is 1. The second kappa shape index (κ2) is 7.85. The van der Waals surface area contributed by atoms with Crippen LogP contribution in [0.15, 0.2) is 0 Å². The zero-order chi connectivity index (χ0) is 14.3. The first kappa shape index (κ1) is 16.4. The maximum atomic E-state index is 11.9. The van der Waals surface area contributed by atoms with Crippen LogP contribution in [0.3, 0.4) is 0 Å². The van der Waals surface area contributed by atoms with Crippen LogP contribution in [-0.4, -0.2) is 37.9 Å². The molecule has 4 heteroatoms. The molecule has 1 fully saturated rings. The molecule has 1 saturated carbocycles. The fraction of sp³-hybridized carbons (Fsp3) is 0.933. The highest BCUT2D eigenvalue weighted by Gasteiger charge is 2.35. The van der Waals surface area contributed by atoms with Crippen LogP contribution in [0.25, 0.3) is 0 Å². The molecule has 0 aromatic carbocycles. The highest BCUT2D eigenvalue weighted by Crippen LogP contribution is 2.26. The number of methoxy groups -OCH3 is 1. The average molecular weight is 271 g/mol. The van der Waals surface area contributed by atoms with Crippen molar-refractivity contribution in [1.82, 2.24) is 5.32 Å². The summed E-state index contributed by atoms with van der Waals surface area (Å²) in [6.45, 7) is 7.47. The molecule has 0 aliphatic heterocycles. The highest BCUT2D eigenvalue weighted by atomic mass is 16.5. The third-order valence-corrected chi connectivity index (χ3v) is 3.99. The minimum atomic E-state index is -0.654. The van der Waals surface area contributed by atoms with Gasteiger partial charge in [-0.1, -0.05) is 19.8 Å². The summed E-state index contributed by atoms with van der Waals surface area (Å²) in [7, 11) is 1.43. The van der Waals surface area contributed by atoms with Crippen LogP contribution < -0.4 is 5.32 Å². The van der Waals surface area contributed by atoms with E-state index in [0.717, 1.165) is 13.2 Å². The third-order valence-electron chi connectivity index (χ3n) is 3.99. The Bertz CT molecular complexity index is 277. The average Bonchev–Trinajstić information content (AvgIpc) is 2.88. The number of rotatable bonds is 8. The zero-order valence-corrected chi connectivity index (χ0v) is 12.8. The number of hydrogen-bond acceptors (Lipinski definition) is 4. The Morgan fingerprint density at radius 3 is 2.58 bits per heavy atom. The lowest BCUT2D eigenvalue weighted by Gasteiger charge is -2.30. The number of carbonyl (C=O) groups is 1. The minimum absolute atomic E-state index is 0.0590. The molecular weight excluding hydrogens is 242 g/mol. The molecule has 2 atom stereocenters. The second-order valence-electron chi connectivity index (χ2n) is 5.85. The first-order valence-corrected chi connectivity index (χ1v) is 7.47. The SMILES string of the molecule is CCNC(C)(CC(C)OCC1CCCC1)C(=O)OC. The maximum Gasteiger partial charge on any atom is 0.325 e. The van der Waals surface area contributed by atoms with E-state index in [-0.39, 0.29) is 12.1 Å². The van der Waals surface area contributed by atoms with Crippen molar-refractivity contribution in [3.63, 3.8) is 0 Å². The normalized spacial score (nSPS) is 21.1. The Kier molecular flexibility index (Phi) is 6.80. The second-order valence-corrected chi connectivity index (χ2v) is 5.85. The van der Waals surface area contributed by atoms with E-state index in [4.69, 9.17) is 9.47 Å². The number of nitrogens with one attached hydrogen (secondary N) is 1. The van der Waals surface area contributed by atoms with Crippen LogP contribution in [0.2, 0.25) is 0 Å². The van der Waals surface area contributed by atoms with E-state index in [1.807, 2.05) is 20.8 Å². The number of carbonyl (C=O) groups excluding carboxylic acids is 1. The third kappa shape index (κ3) is 5.11. The van der Waals surface area contributed by atoms with Gasteiger partial charge in [-0.2, -0.15) is 0 Å². The van der Waals surface area contributed by atoms with Gasteiger partial charge in [0.2, 0.25) is 0 Å². The van der Waals surface area contributed by atoms with Crippen molar-refractivity contribution in [2.75, 3.05) is 20.3 Å². The molecule has 1 aliphatic carbocycles. The van der Waals surface area contributed by atoms with Crippen molar-refractivity contribution >= 4 is 5.97 Å². The quantitative estimate of drug-likeness (QED) is 0.689. The molecule has 112 valence electrons. The van der Waals surface area contributed by atoms with Crippen molar-refractivity contribution in [3.05, 3.63) is 0 Å². The van der Waals surface area contributed by atoms with E-state index in [9.17, 15) is 4.79 Å². The van der Waals surface area contributed by atoms with Gasteiger partial charge in [-0.15, -0.1) is 0 Å². The van der Waals surface area contributed by atoms with Gasteiger partial charge in [0, 0.05) is 13.0 Å². The smallest absolute Gasteiger partial charge is 0.325 e. The summed E-state index contributed by atoms with van der Waals surface area (Å²) in [5.74, 6) is 0.497. The van der Waals surface area contributed by atoms with Crippen molar-refractivity contribution in [1.29, 1.82) is 0 Å². The Hall–Kier alpha value is -0.610. The summed E-state index contributed by atoms with van der Waals surface area (Å²) in [6.07, 6.45) is 5.94. The Morgan fingerprint density at radius 1 is 1.42 bits per heavy atom. The van der Waals surface area contributed by atoms with E-state index in [2.05, 4.69) is 5.32 Å². The zero-order valence-electron chi connectivity index (χ0n) is 12.8. The van der Waals surface area contributed by atoms with Crippen LogP contribution >= 0.6 is 0 Å². The summed E-state index contributed by atoms with van der Waals surface area (Å²) in [4.78, 5) is 11.9. The van der Waals surface area contributed by atoms with Gasteiger partial charge < -0.3 is 14.8 Å². The summed E-state index contributed by atoms with van der Waals surface area (Å²) < 4.78 is 10.8. The molecule has 1 N–H and O–H groups in total. The number of ether oxygens (including phenoxy) is 2. The van der Waals surface area contributed by atoms with Crippen molar-refractivity contribution < 1.29 is 14.3 Å². The molecular formula is C15H29NO3. The van der Waals surface area contributed by atoms with Gasteiger partial charge in [-0.3, -0.25) is 4.79 Å². The molecule has 1 rings (SSSR count). The number of likely N-dealkylation sites (N-methyl/N-ethyl adjacent to an activating group) is 1. The molecule has 4 nitrogen and oxygen atoms in total. The van der Waals surface area contributed by atoms with E-state index in [0.29, 0.717) is 12.3 Å². The molecule has 2 unspecified atom stereocenters. The van der Waals surface area contributed by atoms with Gasteiger partial charge in [0.15, 0.2) is 0 Å². The van der Waals surface area contributed by atoms with Gasteiger partial charge >= 0.3 is 5.97 Å². The minimum Gasteiger partial charge on any atom is -0.468 e. The van der Waals surface area contributed by atoms with E-state index in [1.165, 1.54) is 32.8 Å². The molecule has 0 saturated heterocycles. The van der Waals surface area contributed by atoms with Crippen molar-refractivity contribution in [2.24, 2.45) is 5.92 Å². The van der Waals surface area contributed by atoms with E-state index < -0.39 is 5.54 Å². The number of esters is 1. The Labute approximate surface area is 117 Å². The van der Waals surface area contributed by atoms with Gasteiger partial charge in [0.05, 0.1) is 13.2 Å². The van der Waals surface area contributed by atoms with Crippen LogP contribution in [-0.2, 0) is 14.3 Å². The highest BCUT2D eigenvalue weighted by molar-refractivity contribution is 5.80. The van der Waals surface area contributed by atoms with Crippen molar-refractivity contribution in [3.8, 4) is 0 Å². The van der Waals surface area contributed by atoms with Crippen LogP contribution in [0, 0.1) is 5.92 Å². The summed E-state index contributed by atoms with van der Waals surface area (Å²) >= 11 is 0. The van der Waals surface area contributed by atoms with Crippen LogP contribution in [0.5, 0.6) is 0 Å². The molecule has 19 heavy (non-hydrogen) atoms. The monoisotopic (exact) mass is 271 g/mol. The largest absolute Gasteiger partial charge is 0.468 e. The predicted molar refractivity (Wildman–Crippen MR) is 76.1 cm³/mol. The summed E-state index contributed by atoms with van der Waals surface area (Å²) in [6, 6.07) is 0. The molecule has 0 heterocycles. The molecule has 0 aromatic heterocycles. The van der Waals surface area contributed by atoms with E-state index in [1.54, 1.807) is 0 Å². The molecule has 0 bridgehead atoms. The first-order valence-electron chi connectivity index (χ1n) is 7.47. The van der Waals surface area contributed by atoms with Crippen molar-refractivity contribution in [2.45, 2.75) is 64.5 Å².